The Morgan fingerprint density at radius 3 is 2.55 bits per heavy atom. The lowest BCUT2D eigenvalue weighted by molar-refractivity contribution is -0.122. The lowest BCUT2D eigenvalue weighted by Gasteiger charge is -2.27. The predicted molar refractivity (Wildman–Crippen MR) is 125 cm³/mol. The number of ether oxygens (including phenoxy) is 2. The zero-order valence-corrected chi connectivity index (χ0v) is 19.3. The summed E-state index contributed by atoms with van der Waals surface area (Å²) < 4.78 is 11.6. The molecule has 4 amide bonds. The first-order valence-corrected chi connectivity index (χ1v) is 10.3. The molecule has 0 aliphatic carbocycles. The molecule has 3 rings (SSSR count). The maximum atomic E-state index is 13.1. The van der Waals surface area contributed by atoms with E-state index in [1.165, 1.54) is 13.2 Å². The van der Waals surface area contributed by atoms with Crippen LogP contribution in [0.2, 0.25) is 0 Å². The van der Waals surface area contributed by atoms with Gasteiger partial charge in [-0.1, -0.05) is 12.0 Å². The molecular formula is C23H19IN2O5. The van der Waals surface area contributed by atoms with Gasteiger partial charge in [0.15, 0.2) is 11.5 Å². The van der Waals surface area contributed by atoms with Crippen LogP contribution in [0.25, 0.3) is 6.08 Å². The fourth-order valence-corrected chi connectivity index (χ4v) is 3.78. The van der Waals surface area contributed by atoms with Gasteiger partial charge in [-0.2, -0.15) is 0 Å². The van der Waals surface area contributed by atoms with Gasteiger partial charge in [-0.25, -0.2) is 9.69 Å². The number of barbiturate groups is 1. The van der Waals surface area contributed by atoms with Crippen molar-refractivity contribution in [2.45, 2.75) is 13.8 Å². The topological polar surface area (TPSA) is 84.9 Å². The maximum absolute atomic E-state index is 13.1. The van der Waals surface area contributed by atoms with Crippen LogP contribution in [0.4, 0.5) is 10.5 Å². The first-order chi connectivity index (χ1) is 14.8. The molecule has 31 heavy (non-hydrogen) atoms. The molecule has 0 bridgehead atoms. The Morgan fingerprint density at radius 1 is 1.16 bits per heavy atom. The van der Waals surface area contributed by atoms with Crippen molar-refractivity contribution in [2.75, 3.05) is 18.6 Å². The quantitative estimate of drug-likeness (QED) is 0.277. The van der Waals surface area contributed by atoms with Crippen molar-refractivity contribution in [2.24, 2.45) is 0 Å². The number of hydrogen-bond acceptors (Lipinski definition) is 5. The van der Waals surface area contributed by atoms with Gasteiger partial charge in [0.1, 0.15) is 12.2 Å². The van der Waals surface area contributed by atoms with E-state index in [0.29, 0.717) is 26.3 Å². The third-order valence-electron chi connectivity index (χ3n) is 4.71. The average molecular weight is 530 g/mol. The van der Waals surface area contributed by atoms with E-state index in [-0.39, 0.29) is 12.2 Å². The van der Waals surface area contributed by atoms with E-state index in [0.717, 1.165) is 16.0 Å². The van der Waals surface area contributed by atoms with Gasteiger partial charge in [0, 0.05) is 0 Å². The average Bonchev–Trinajstić information content (AvgIpc) is 2.72. The third kappa shape index (κ3) is 4.56. The van der Waals surface area contributed by atoms with Gasteiger partial charge >= 0.3 is 6.03 Å². The number of methoxy groups -OCH3 is 1. The number of rotatable bonds is 5. The number of nitrogens with one attached hydrogen (secondary N) is 1. The molecule has 0 aromatic heterocycles. The number of halogens is 1. The molecule has 0 atom stereocenters. The van der Waals surface area contributed by atoms with Crippen LogP contribution in [0.15, 0.2) is 35.9 Å². The van der Waals surface area contributed by atoms with E-state index in [9.17, 15) is 14.4 Å². The highest BCUT2D eigenvalue weighted by molar-refractivity contribution is 14.1. The summed E-state index contributed by atoms with van der Waals surface area (Å²) in [5, 5.41) is 2.22. The summed E-state index contributed by atoms with van der Waals surface area (Å²) in [5.74, 6) is 1.78. The smallest absolute Gasteiger partial charge is 0.335 e. The third-order valence-corrected chi connectivity index (χ3v) is 5.51. The van der Waals surface area contributed by atoms with Crippen LogP contribution in [0.1, 0.15) is 16.7 Å². The van der Waals surface area contributed by atoms with Gasteiger partial charge in [0.25, 0.3) is 11.8 Å². The molecule has 1 heterocycles. The van der Waals surface area contributed by atoms with Crippen LogP contribution in [-0.4, -0.2) is 31.6 Å². The minimum Gasteiger partial charge on any atom is -0.493 e. The van der Waals surface area contributed by atoms with Crippen molar-refractivity contribution in [3.05, 3.63) is 56.2 Å². The Kier molecular flexibility index (Phi) is 6.65. The summed E-state index contributed by atoms with van der Waals surface area (Å²) in [6.07, 6.45) is 6.66. The van der Waals surface area contributed by atoms with Crippen molar-refractivity contribution in [1.82, 2.24) is 5.32 Å². The van der Waals surface area contributed by atoms with Gasteiger partial charge in [0.2, 0.25) is 0 Å². The van der Waals surface area contributed by atoms with E-state index in [1.807, 2.05) is 42.5 Å². The number of aryl methyl sites for hydroxylation is 2. The fraction of sp³-hybridized carbons (Fsp3) is 0.174. The van der Waals surface area contributed by atoms with Gasteiger partial charge in [-0.15, -0.1) is 6.42 Å². The molecule has 1 aliphatic rings. The van der Waals surface area contributed by atoms with E-state index in [1.54, 1.807) is 24.3 Å². The number of urea groups is 1. The summed E-state index contributed by atoms with van der Waals surface area (Å²) in [6, 6.07) is 7.76. The minimum atomic E-state index is -0.791. The van der Waals surface area contributed by atoms with Crippen LogP contribution in [0, 0.1) is 29.8 Å². The number of anilines is 1. The number of carbonyl (C=O) groups excluding carboxylic acids is 3. The van der Waals surface area contributed by atoms with Crippen molar-refractivity contribution < 1.29 is 23.9 Å². The van der Waals surface area contributed by atoms with E-state index >= 15 is 0 Å². The fourth-order valence-electron chi connectivity index (χ4n) is 3.00. The highest BCUT2D eigenvalue weighted by Crippen LogP contribution is 2.35. The van der Waals surface area contributed by atoms with Gasteiger partial charge < -0.3 is 9.47 Å². The Morgan fingerprint density at radius 2 is 1.90 bits per heavy atom. The standard InChI is InChI=1S/C23H19IN2O5/c1-5-8-31-20-18(24)11-15(12-19(20)30-4)10-17-21(27)25-23(29)26(22(17)28)16-7-6-13(2)14(3)9-16/h1,6-7,9-12H,8H2,2-4H3,(H,25,27,29)/b17-10+. The summed E-state index contributed by atoms with van der Waals surface area (Å²) in [7, 11) is 1.48. The van der Waals surface area contributed by atoms with Crippen LogP contribution < -0.4 is 19.7 Å². The SMILES string of the molecule is C#CCOc1c(I)cc(/C=C2\C(=O)NC(=O)N(c3ccc(C)c(C)c3)C2=O)cc1OC. The molecule has 1 aliphatic heterocycles. The highest BCUT2D eigenvalue weighted by Gasteiger charge is 2.37. The number of nitrogens with zero attached hydrogens (tertiary/aromatic N) is 1. The monoisotopic (exact) mass is 530 g/mol. The minimum absolute atomic E-state index is 0.0702. The van der Waals surface area contributed by atoms with Crippen molar-refractivity contribution in [1.29, 1.82) is 0 Å². The number of hydrogen-bond donors (Lipinski definition) is 1. The number of carbonyl (C=O) groups is 3. The van der Waals surface area contributed by atoms with Crippen LogP contribution in [-0.2, 0) is 9.59 Å². The zero-order chi connectivity index (χ0) is 22.7. The molecule has 0 radical (unpaired) electrons. The normalized spacial score (nSPS) is 15.0. The van der Waals surface area contributed by atoms with E-state index in [4.69, 9.17) is 15.9 Å². The van der Waals surface area contributed by atoms with E-state index in [2.05, 4.69) is 11.2 Å². The highest BCUT2D eigenvalue weighted by atomic mass is 127. The number of amides is 4. The van der Waals surface area contributed by atoms with Crippen LogP contribution >= 0.6 is 22.6 Å². The van der Waals surface area contributed by atoms with Crippen molar-refractivity contribution in [3.8, 4) is 23.8 Å². The molecule has 1 saturated heterocycles. The molecule has 0 spiro atoms. The molecule has 1 fully saturated rings. The molecule has 7 nitrogen and oxygen atoms in total. The first-order valence-electron chi connectivity index (χ1n) is 9.19. The summed E-state index contributed by atoms with van der Waals surface area (Å²) in [6.45, 7) is 3.88. The summed E-state index contributed by atoms with van der Waals surface area (Å²) >= 11 is 2.05. The maximum Gasteiger partial charge on any atom is 0.335 e. The number of benzene rings is 2. The largest absolute Gasteiger partial charge is 0.493 e. The van der Waals surface area contributed by atoms with Gasteiger partial charge in [-0.3, -0.25) is 14.9 Å². The van der Waals surface area contributed by atoms with Gasteiger partial charge in [-0.05, 0) is 83.5 Å². The van der Waals surface area contributed by atoms with Crippen LogP contribution in [0.3, 0.4) is 0 Å². The number of imide groups is 2. The summed E-state index contributed by atoms with van der Waals surface area (Å²) in [5.41, 5.74) is 2.68. The molecule has 0 unspecified atom stereocenters. The first kappa shape index (κ1) is 22.4. The molecule has 158 valence electrons. The van der Waals surface area contributed by atoms with Crippen molar-refractivity contribution in [3.63, 3.8) is 0 Å². The molecule has 2 aromatic rings. The molecule has 2 aromatic carbocycles. The van der Waals surface area contributed by atoms with Crippen LogP contribution in [0.5, 0.6) is 11.5 Å². The zero-order valence-electron chi connectivity index (χ0n) is 17.1. The summed E-state index contributed by atoms with van der Waals surface area (Å²) in [4.78, 5) is 38.9. The van der Waals surface area contributed by atoms with E-state index < -0.39 is 17.8 Å². The molecule has 0 saturated carbocycles. The van der Waals surface area contributed by atoms with Gasteiger partial charge in [0.05, 0.1) is 16.4 Å². The Hall–Kier alpha value is -3.32. The van der Waals surface area contributed by atoms with Crippen molar-refractivity contribution >= 4 is 52.2 Å². The lowest BCUT2D eigenvalue weighted by Crippen LogP contribution is -2.54. The molecule has 1 N–H and O–H groups in total. The Balaban J connectivity index is 2.03. The predicted octanol–water partition coefficient (Wildman–Crippen LogP) is 3.60. The molecular weight excluding hydrogens is 511 g/mol. The Labute approximate surface area is 193 Å². The number of terminal acetylenes is 1. The second-order valence-electron chi connectivity index (χ2n) is 6.75. The second kappa shape index (κ2) is 9.22. The Bertz CT molecular complexity index is 1160. The molecule has 8 heteroatoms. The second-order valence-corrected chi connectivity index (χ2v) is 7.92. The lowest BCUT2D eigenvalue weighted by atomic mass is 10.0.